The molecule has 102 valence electrons. The first-order valence-corrected chi connectivity index (χ1v) is 5.80. The minimum Gasteiger partial charge on any atom is -0.308 e. The Morgan fingerprint density at radius 1 is 1.05 bits per heavy atom. The summed E-state index contributed by atoms with van der Waals surface area (Å²) in [4.78, 5) is 0. The zero-order chi connectivity index (χ0) is 14.0. The second kappa shape index (κ2) is 5.44. The summed E-state index contributed by atoms with van der Waals surface area (Å²) in [5.74, 6) is -2.98. The highest BCUT2D eigenvalue weighted by Gasteiger charge is 2.10. The highest BCUT2D eigenvalue weighted by atomic mass is 19.2. The number of halogens is 3. The van der Waals surface area contributed by atoms with Crippen LogP contribution in [0.15, 0.2) is 18.3 Å². The van der Waals surface area contributed by atoms with Crippen molar-refractivity contribution in [1.82, 2.24) is 15.1 Å². The number of benzene rings is 1. The molecule has 2 rings (SSSR count). The van der Waals surface area contributed by atoms with Crippen LogP contribution in [-0.4, -0.2) is 9.78 Å². The van der Waals surface area contributed by atoms with Crippen LogP contribution in [0.25, 0.3) is 0 Å². The normalized spacial score (nSPS) is 11.0. The zero-order valence-corrected chi connectivity index (χ0v) is 10.7. The van der Waals surface area contributed by atoms with E-state index in [1.165, 1.54) is 0 Å². The smallest absolute Gasteiger partial charge is 0.161 e. The van der Waals surface area contributed by atoms with Crippen LogP contribution in [0.2, 0.25) is 0 Å². The van der Waals surface area contributed by atoms with Crippen molar-refractivity contribution in [3.8, 4) is 0 Å². The van der Waals surface area contributed by atoms with Crippen molar-refractivity contribution in [2.75, 3.05) is 0 Å². The average molecular weight is 269 g/mol. The fourth-order valence-corrected chi connectivity index (χ4v) is 1.85. The van der Waals surface area contributed by atoms with Crippen molar-refractivity contribution >= 4 is 0 Å². The number of nitrogens with one attached hydrogen (secondary N) is 1. The van der Waals surface area contributed by atoms with Gasteiger partial charge in [-0.2, -0.15) is 5.10 Å². The first-order chi connectivity index (χ1) is 8.97. The van der Waals surface area contributed by atoms with Crippen molar-refractivity contribution in [1.29, 1.82) is 0 Å². The molecule has 0 aliphatic rings. The molecule has 1 N–H and O–H groups in total. The number of nitrogens with zero attached hydrogens (tertiary/aromatic N) is 2. The highest BCUT2D eigenvalue weighted by molar-refractivity contribution is 5.20. The van der Waals surface area contributed by atoms with E-state index in [-0.39, 0.29) is 12.1 Å². The van der Waals surface area contributed by atoms with Gasteiger partial charge >= 0.3 is 0 Å². The molecule has 1 aromatic heterocycles. The van der Waals surface area contributed by atoms with Crippen molar-refractivity contribution in [2.24, 2.45) is 7.05 Å². The largest absolute Gasteiger partial charge is 0.308 e. The molecular formula is C13H14F3N3. The van der Waals surface area contributed by atoms with Crippen molar-refractivity contribution < 1.29 is 13.2 Å². The summed E-state index contributed by atoms with van der Waals surface area (Å²) < 4.78 is 40.8. The first kappa shape index (κ1) is 13.6. The summed E-state index contributed by atoms with van der Waals surface area (Å²) >= 11 is 0. The molecule has 2 aromatic rings. The molecule has 6 heteroatoms. The van der Waals surface area contributed by atoms with Gasteiger partial charge < -0.3 is 5.32 Å². The Morgan fingerprint density at radius 3 is 2.32 bits per heavy atom. The van der Waals surface area contributed by atoms with Crippen LogP contribution < -0.4 is 5.32 Å². The molecule has 0 spiro atoms. The van der Waals surface area contributed by atoms with E-state index in [1.807, 2.05) is 20.2 Å². The third-order valence-corrected chi connectivity index (χ3v) is 2.84. The molecule has 0 atom stereocenters. The molecular weight excluding hydrogens is 255 g/mol. The Kier molecular flexibility index (Phi) is 3.90. The Hall–Kier alpha value is -1.82. The summed E-state index contributed by atoms with van der Waals surface area (Å²) in [5, 5.41) is 7.15. The molecule has 0 aliphatic carbocycles. The predicted molar refractivity (Wildman–Crippen MR) is 64.8 cm³/mol. The maximum Gasteiger partial charge on any atom is 0.161 e. The molecule has 1 aromatic carbocycles. The predicted octanol–water partition coefficient (Wildman–Crippen LogP) is 2.44. The summed E-state index contributed by atoms with van der Waals surface area (Å²) in [7, 11) is 1.81. The van der Waals surface area contributed by atoms with Crippen LogP contribution in [0.1, 0.15) is 16.8 Å². The molecule has 0 radical (unpaired) electrons. The van der Waals surface area contributed by atoms with Gasteiger partial charge in [-0.05, 0) is 13.0 Å². The third kappa shape index (κ3) is 3.14. The first-order valence-electron chi connectivity index (χ1n) is 5.80. The second-order valence-corrected chi connectivity index (χ2v) is 4.37. The standard InChI is InChI=1S/C13H14F3N3/c1-8-10(7-19(2)18-8)6-17-5-9-3-12(15)13(16)4-11(9)14/h3-4,7,17H,5-6H2,1-2H3. The lowest BCUT2D eigenvalue weighted by atomic mass is 10.2. The number of hydrogen-bond donors (Lipinski definition) is 1. The molecule has 0 bridgehead atoms. The number of hydrogen-bond acceptors (Lipinski definition) is 2. The van der Waals surface area contributed by atoms with Gasteiger partial charge in [-0.15, -0.1) is 0 Å². The van der Waals surface area contributed by atoms with Crippen LogP contribution in [0, 0.1) is 24.4 Å². The zero-order valence-electron chi connectivity index (χ0n) is 10.7. The lowest BCUT2D eigenvalue weighted by Crippen LogP contribution is -2.14. The molecule has 0 saturated carbocycles. The Bertz CT molecular complexity index is 593. The summed E-state index contributed by atoms with van der Waals surface area (Å²) in [6.45, 7) is 2.48. The molecule has 0 amide bonds. The van der Waals surface area contributed by atoms with Gasteiger partial charge in [0.2, 0.25) is 0 Å². The van der Waals surface area contributed by atoms with Gasteiger partial charge in [0.05, 0.1) is 5.69 Å². The third-order valence-electron chi connectivity index (χ3n) is 2.84. The Balaban J connectivity index is 2.00. The molecule has 1 heterocycles. The minimum atomic E-state index is -1.18. The fraction of sp³-hybridized carbons (Fsp3) is 0.308. The summed E-state index contributed by atoms with van der Waals surface area (Å²) in [6.07, 6.45) is 1.85. The number of rotatable bonds is 4. The van der Waals surface area contributed by atoms with E-state index in [4.69, 9.17) is 0 Å². The molecule has 0 unspecified atom stereocenters. The molecule has 19 heavy (non-hydrogen) atoms. The SMILES string of the molecule is Cc1nn(C)cc1CNCc1cc(F)c(F)cc1F. The van der Waals surface area contributed by atoms with E-state index in [1.54, 1.807) is 4.68 Å². The van der Waals surface area contributed by atoms with Crippen molar-refractivity contribution in [3.63, 3.8) is 0 Å². The second-order valence-electron chi connectivity index (χ2n) is 4.37. The quantitative estimate of drug-likeness (QED) is 0.864. The Morgan fingerprint density at radius 2 is 1.68 bits per heavy atom. The van der Waals surface area contributed by atoms with Gasteiger partial charge in [0, 0.05) is 43.5 Å². The maximum atomic E-state index is 13.4. The fourth-order valence-electron chi connectivity index (χ4n) is 1.85. The van der Waals surface area contributed by atoms with Crippen LogP contribution in [-0.2, 0) is 20.1 Å². The molecule has 0 saturated heterocycles. The number of aryl methyl sites for hydroxylation is 2. The highest BCUT2D eigenvalue weighted by Crippen LogP contribution is 2.14. The lowest BCUT2D eigenvalue weighted by molar-refractivity contribution is 0.486. The number of aromatic nitrogens is 2. The van der Waals surface area contributed by atoms with Crippen LogP contribution in [0.4, 0.5) is 13.2 Å². The van der Waals surface area contributed by atoms with Crippen LogP contribution >= 0.6 is 0 Å². The van der Waals surface area contributed by atoms with Gasteiger partial charge in [0.1, 0.15) is 5.82 Å². The minimum absolute atomic E-state index is 0.0976. The van der Waals surface area contributed by atoms with Gasteiger partial charge in [-0.3, -0.25) is 4.68 Å². The summed E-state index contributed by atoms with van der Waals surface area (Å²) in [6, 6.07) is 1.43. The molecule has 0 aliphatic heterocycles. The van der Waals surface area contributed by atoms with Crippen LogP contribution in [0.5, 0.6) is 0 Å². The van der Waals surface area contributed by atoms with E-state index in [2.05, 4.69) is 10.4 Å². The van der Waals surface area contributed by atoms with Crippen molar-refractivity contribution in [3.05, 3.63) is 52.6 Å². The van der Waals surface area contributed by atoms with E-state index in [9.17, 15) is 13.2 Å². The van der Waals surface area contributed by atoms with Gasteiger partial charge in [-0.1, -0.05) is 0 Å². The average Bonchev–Trinajstić information content (AvgIpc) is 2.64. The van der Waals surface area contributed by atoms with Gasteiger partial charge in [0.15, 0.2) is 11.6 Å². The van der Waals surface area contributed by atoms with E-state index >= 15 is 0 Å². The van der Waals surface area contributed by atoms with E-state index < -0.39 is 17.5 Å². The molecule has 3 nitrogen and oxygen atoms in total. The van der Waals surface area contributed by atoms with Gasteiger partial charge in [-0.25, -0.2) is 13.2 Å². The summed E-state index contributed by atoms with van der Waals surface area (Å²) in [5.41, 5.74) is 1.95. The van der Waals surface area contributed by atoms with Crippen molar-refractivity contribution in [2.45, 2.75) is 20.0 Å². The Labute approximate surface area is 109 Å². The monoisotopic (exact) mass is 269 g/mol. The maximum absolute atomic E-state index is 13.4. The van der Waals surface area contributed by atoms with E-state index in [0.717, 1.165) is 17.3 Å². The van der Waals surface area contributed by atoms with E-state index in [0.29, 0.717) is 12.6 Å². The van der Waals surface area contributed by atoms with Gasteiger partial charge in [0.25, 0.3) is 0 Å². The lowest BCUT2D eigenvalue weighted by Gasteiger charge is -2.06. The van der Waals surface area contributed by atoms with Crippen LogP contribution in [0.3, 0.4) is 0 Å². The molecule has 0 fully saturated rings. The topological polar surface area (TPSA) is 29.9 Å².